The maximum atomic E-state index is 13.0. The number of aryl methyl sites for hydroxylation is 1. The molecule has 2 aromatic rings. The van der Waals surface area contributed by atoms with Gasteiger partial charge >= 0.3 is 0 Å². The van der Waals surface area contributed by atoms with Gasteiger partial charge in [0.25, 0.3) is 5.91 Å². The summed E-state index contributed by atoms with van der Waals surface area (Å²) in [5, 5.41) is 3.92. The van der Waals surface area contributed by atoms with Gasteiger partial charge in [-0.25, -0.2) is 0 Å². The molecule has 2 fully saturated rings. The molecule has 4 rings (SSSR count). The van der Waals surface area contributed by atoms with Gasteiger partial charge in [0.05, 0.1) is 17.0 Å². The molecule has 0 spiro atoms. The molecule has 0 N–H and O–H groups in total. The van der Waals surface area contributed by atoms with Crippen LogP contribution >= 0.6 is 11.8 Å². The van der Waals surface area contributed by atoms with Crippen LogP contribution in [-0.2, 0) is 5.75 Å². The summed E-state index contributed by atoms with van der Waals surface area (Å²) in [5.74, 6) is 3.17. The number of carbonyl (C=O) groups excluding carboxylic acids is 1. The van der Waals surface area contributed by atoms with Crippen LogP contribution in [0.2, 0.25) is 0 Å². The zero-order valence-electron chi connectivity index (χ0n) is 13.9. The number of carbonyl (C=O) groups is 1. The third kappa shape index (κ3) is 3.09. The maximum absolute atomic E-state index is 13.0. The predicted molar refractivity (Wildman–Crippen MR) is 94.0 cm³/mol. The second-order valence-corrected chi connectivity index (χ2v) is 7.90. The van der Waals surface area contributed by atoms with Crippen molar-refractivity contribution in [1.82, 2.24) is 10.1 Å². The fourth-order valence-corrected chi connectivity index (χ4v) is 4.89. The normalized spacial score (nSPS) is 22.8. The molecule has 126 valence electrons. The van der Waals surface area contributed by atoms with Crippen LogP contribution in [0, 0.1) is 18.8 Å². The Labute approximate surface area is 146 Å². The second-order valence-electron chi connectivity index (χ2n) is 6.88. The van der Waals surface area contributed by atoms with E-state index in [2.05, 4.69) is 10.1 Å². The zero-order valence-corrected chi connectivity index (χ0v) is 14.7. The van der Waals surface area contributed by atoms with Crippen molar-refractivity contribution in [2.24, 2.45) is 11.8 Å². The lowest BCUT2D eigenvalue weighted by Gasteiger charge is -2.19. The van der Waals surface area contributed by atoms with E-state index in [0.29, 0.717) is 5.75 Å². The highest BCUT2D eigenvalue weighted by Crippen LogP contribution is 2.38. The molecule has 0 radical (unpaired) electrons. The largest absolute Gasteiger partial charge is 0.360 e. The standard InChI is InChI=1S/C19H22N2O2S/c1-13-9-16(23-20-13)12-24-18-8-3-2-7-17(18)19(22)21-10-14-5-4-6-15(14)11-21/h2-3,7-9,14-15H,4-6,10-12H2,1H3/t14-,15-/m1/s1. The van der Waals surface area contributed by atoms with Crippen molar-refractivity contribution in [2.75, 3.05) is 13.1 Å². The average Bonchev–Trinajstić information content (AvgIpc) is 3.28. The van der Waals surface area contributed by atoms with Gasteiger partial charge in [0.2, 0.25) is 0 Å². The van der Waals surface area contributed by atoms with Crippen molar-refractivity contribution in [3.63, 3.8) is 0 Å². The van der Waals surface area contributed by atoms with E-state index in [0.717, 1.165) is 46.8 Å². The van der Waals surface area contributed by atoms with E-state index in [-0.39, 0.29) is 5.91 Å². The van der Waals surface area contributed by atoms with Crippen molar-refractivity contribution >= 4 is 17.7 Å². The molecule has 2 heterocycles. The molecule has 1 amide bonds. The third-order valence-electron chi connectivity index (χ3n) is 5.18. The molecule has 0 unspecified atom stereocenters. The van der Waals surface area contributed by atoms with E-state index in [1.54, 1.807) is 11.8 Å². The molecule has 2 aliphatic rings. The zero-order chi connectivity index (χ0) is 16.5. The van der Waals surface area contributed by atoms with Crippen LogP contribution in [0.4, 0.5) is 0 Å². The molecule has 1 saturated carbocycles. The quantitative estimate of drug-likeness (QED) is 0.783. The Hall–Kier alpha value is -1.75. The number of hydrogen-bond acceptors (Lipinski definition) is 4. The van der Waals surface area contributed by atoms with Crippen LogP contribution in [0.15, 0.2) is 39.8 Å². The fraction of sp³-hybridized carbons (Fsp3) is 0.474. The molecular weight excluding hydrogens is 320 g/mol. The van der Waals surface area contributed by atoms with Crippen LogP contribution in [0.3, 0.4) is 0 Å². The predicted octanol–water partition coefficient (Wildman–Crippen LogP) is 4.15. The Balaban J connectivity index is 1.47. The monoisotopic (exact) mass is 342 g/mol. The van der Waals surface area contributed by atoms with Crippen LogP contribution in [0.1, 0.15) is 41.1 Å². The number of aromatic nitrogens is 1. The molecule has 0 bridgehead atoms. The minimum Gasteiger partial charge on any atom is -0.360 e. The molecular formula is C19H22N2O2S. The average molecular weight is 342 g/mol. The summed E-state index contributed by atoms with van der Waals surface area (Å²) in [6, 6.07) is 9.86. The number of benzene rings is 1. The molecule has 2 atom stereocenters. The third-order valence-corrected chi connectivity index (χ3v) is 6.27. The highest BCUT2D eigenvalue weighted by Gasteiger charge is 2.38. The summed E-state index contributed by atoms with van der Waals surface area (Å²) in [7, 11) is 0. The first kappa shape index (κ1) is 15.8. The maximum Gasteiger partial charge on any atom is 0.255 e. The van der Waals surface area contributed by atoms with Crippen molar-refractivity contribution in [3.8, 4) is 0 Å². The SMILES string of the molecule is Cc1cc(CSc2ccccc2C(=O)N2C[C@H]3CCC[C@@H]3C2)on1. The lowest BCUT2D eigenvalue weighted by molar-refractivity contribution is 0.0777. The van der Waals surface area contributed by atoms with Crippen LogP contribution in [-0.4, -0.2) is 29.1 Å². The summed E-state index contributed by atoms with van der Waals surface area (Å²) < 4.78 is 5.27. The number of likely N-dealkylation sites (tertiary alicyclic amines) is 1. The van der Waals surface area contributed by atoms with E-state index < -0.39 is 0 Å². The van der Waals surface area contributed by atoms with Crippen molar-refractivity contribution in [2.45, 2.75) is 36.8 Å². The van der Waals surface area contributed by atoms with Gasteiger partial charge in [-0.15, -0.1) is 11.8 Å². The fourth-order valence-electron chi connectivity index (χ4n) is 3.97. The Kier molecular flexibility index (Phi) is 4.35. The van der Waals surface area contributed by atoms with Gasteiger partial charge in [0.1, 0.15) is 5.76 Å². The summed E-state index contributed by atoms with van der Waals surface area (Å²) in [5.41, 5.74) is 1.71. The highest BCUT2D eigenvalue weighted by molar-refractivity contribution is 7.98. The highest BCUT2D eigenvalue weighted by atomic mass is 32.2. The first-order valence-electron chi connectivity index (χ1n) is 8.64. The first-order chi connectivity index (χ1) is 11.7. The summed E-state index contributed by atoms with van der Waals surface area (Å²) in [6.45, 7) is 3.78. The molecule has 1 saturated heterocycles. The van der Waals surface area contributed by atoms with E-state index in [1.165, 1.54) is 19.3 Å². The van der Waals surface area contributed by atoms with Gasteiger partial charge in [-0.05, 0) is 43.7 Å². The number of hydrogen-bond donors (Lipinski definition) is 0. The Morgan fingerprint density at radius 2 is 2.04 bits per heavy atom. The lowest BCUT2D eigenvalue weighted by atomic mass is 10.0. The molecule has 1 aliphatic carbocycles. The van der Waals surface area contributed by atoms with Gasteiger partial charge in [0, 0.05) is 24.1 Å². The van der Waals surface area contributed by atoms with E-state index in [1.807, 2.05) is 37.3 Å². The Morgan fingerprint density at radius 3 is 2.75 bits per heavy atom. The Bertz CT molecular complexity index is 730. The van der Waals surface area contributed by atoms with Gasteiger partial charge in [0.15, 0.2) is 0 Å². The van der Waals surface area contributed by atoms with Gasteiger partial charge in [-0.1, -0.05) is 23.7 Å². The van der Waals surface area contributed by atoms with Crippen molar-refractivity contribution < 1.29 is 9.32 Å². The molecule has 24 heavy (non-hydrogen) atoms. The summed E-state index contributed by atoms with van der Waals surface area (Å²) in [6.07, 6.45) is 3.91. The number of thioether (sulfide) groups is 1. The smallest absolute Gasteiger partial charge is 0.255 e. The molecule has 4 nitrogen and oxygen atoms in total. The lowest BCUT2D eigenvalue weighted by Crippen LogP contribution is -2.29. The molecule has 5 heteroatoms. The summed E-state index contributed by atoms with van der Waals surface area (Å²) >= 11 is 1.64. The minimum absolute atomic E-state index is 0.182. The first-order valence-corrected chi connectivity index (χ1v) is 9.62. The van der Waals surface area contributed by atoms with E-state index >= 15 is 0 Å². The molecule has 1 aliphatic heterocycles. The van der Waals surface area contributed by atoms with Crippen molar-refractivity contribution in [1.29, 1.82) is 0 Å². The van der Waals surface area contributed by atoms with Crippen LogP contribution in [0.25, 0.3) is 0 Å². The second kappa shape index (κ2) is 6.63. The summed E-state index contributed by atoms with van der Waals surface area (Å²) in [4.78, 5) is 16.1. The number of amides is 1. The topological polar surface area (TPSA) is 46.3 Å². The van der Waals surface area contributed by atoms with Gasteiger partial charge in [-0.2, -0.15) is 0 Å². The molecule has 1 aromatic heterocycles. The minimum atomic E-state index is 0.182. The Morgan fingerprint density at radius 1 is 1.29 bits per heavy atom. The van der Waals surface area contributed by atoms with Gasteiger partial charge in [-0.3, -0.25) is 4.79 Å². The van der Waals surface area contributed by atoms with E-state index in [4.69, 9.17) is 4.52 Å². The van der Waals surface area contributed by atoms with E-state index in [9.17, 15) is 4.79 Å². The van der Waals surface area contributed by atoms with Crippen LogP contribution in [0.5, 0.6) is 0 Å². The van der Waals surface area contributed by atoms with Crippen molar-refractivity contribution in [3.05, 3.63) is 47.3 Å². The number of nitrogens with zero attached hydrogens (tertiary/aromatic N) is 2. The number of fused-ring (bicyclic) bond motifs is 1. The van der Waals surface area contributed by atoms with Gasteiger partial charge < -0.3 is 9.42 Å². The number of rotatable bonds is 4. The van der Waals surface area contributed by atoms with Crippen LogP contribution < -0.4 is 0 Å². The molecule has 1 aromatic carbocycles.